The van der Waals surface area contributed by atoms with Crippen molar-refractivity contribution in [1.82, 2.24) is 10.2 Å². The molecular formula is C13H28N2O2. The van der Waals surface area contributed by atoms with E-state index in [1.165, 1.54) is 6.42 Å². The lowest BCUT2D eigenvalue weighted by Gasteiger charge is -2.38. The summed E-state index contributed by atoms with van der Waals surface area (Å²) in [6.07, 6.45) is 1.51. The number of hydrogen-bond donors (Lipinski definition) is 2. The number of nitrogens with one attached hydrogen (secondary N) is 1. The van der Waals surface area contributed by atoms with Crippen LogP contribution in [-0.2, 0) is 4.74 Å². The van der Waals surface area contributed by atoms with Crippen LogP contribution in [-0.4, -0.2) is 61.5 Å². The number of aliphatic hydroxyl groups excluding tert-OH is 1. The van der Waals surface area contributed by atoms with Crippen molar-refractivity contribution in [3.05, 3.63) is 0 Å². The number of ether oxygens (including phenoxy) is 1. The van der Waals surface area contributed by atoms with E-state index in [4.69, 9.17) is 4.74 Å². The van der Waals surface area contributed by atoms with Gasteiger partial charge in [0.1, 0.15) is 0 Å². The van der Waals surface area contributed by atoms with Crippen LogP contribution < -0.4 is 5.32 Å². The van der Waals surface area contributed by atoms with E-state index in [1.807, 2.05) is 0 Å². The summed E-state index contributed by atoms with van der Waals surface area (Å²) in [7, 11) is 1.79. The van der Waals surface area contributed by atoms with Gasteiger partial charge in [0.25, 0.3) is 0 Å². The molecule has 0 saturated carbocycles. The fraction of sp³-hybridized carbons (Fsp3) is 1.00. The first-order valence-electron chi connectivity index (χ1n) is 6.68. The first kappa shape index (κ1) is 14.9. The van der Waals surface area contributed by atoms with E-state index in [0.717, 1.165) is 19.6 Å². The van der Waals surface area contributed by atoms with Gasteiger partial charge in [-0.25, -0.2) is 0 Å². The van der Waals surface area contributed by atoms with Gasteiger partial charge in [-0.2, -0.15) is 0 Å². The molecular weight excluding hydrogens is 216 g/mol. The van der Waals surface area contributed by atoms with Gasteiger partial charge in [-0.05, 0) is 18.9 Å². The Balaban J connectivity index is 2.39. The molecule has 4 nitrogen and oxygen atoms in total. The highest BCUT2D eigenvalue weighted by Gasteiger charge is 2.27. The predicted molar refractivity (Wildman–Crippen MR) is 70.2 cm³/mol. The maximum absolute atomic E-state index is 9.36. The second-order valence-electron chi connectivity index (χ2n) is 5.50. The normalized spacial score (nSPS) is 28.6. The van der Waals surface area contributed by atoms with Gasteiger partial charge in [0.05, 0.1) is 12.7 Å². The van der Waals surface area contributed by atoms with Crippen LogP contribution in [0.25, 0.3) is 0 Å². The second kappa shape index (κ2) is 7.31. The van der Waals surface area contributed by atoms with E-state index in [9.17, 15) is 5.11 Å². The molecule has 1 aliphatic rings. The zero-order chi connectivity index (χ0) is 12.8. The number of likely N-dealkylation sites (tertiary alicyclic amines) is 1. The van der Waals surface area contributed by atoms with Crippen molar-refractivity contribution in [3.63, 3.8) is 0 Å². The summed E-state index contributed by atoms with van der Waals surface area (Å²) in [5.41, 5.74) is 0. The van der Waals surface area contributed by atoms with E-state index in [0.29, 0.717) is 18.1 Å². The fourth-order valence-electron chi connectivity index (χ4n) is 2.52. The Morgan fingerprint density at radius 3 is 2.71 bits per heavy atom. The molecule has 1 fully saturated rings. The second-order valence-corrected chi connectivity index (χ2v) is 5.50. The van der Waals surface area contributed by atoms with Crippen LogP contribution in [0, 0.1) is 5.92 Å². The quantitative estimate of drug-likeness (QED) is 0.722. The summed E-state index contributed by atoms with van der Waals surface area (Å²) in [4.78, 5) is 2.39. The molecule has 3 atom stereocenters. The monoisotopic (exact) mass is 244 g/mol. The molecule has 0 aromatic heterocycles. The zero-order valence-corrected chi connectivity index (χ0v) is 11.6. The highest BCUT2D eigenvalue weighted by Crippen LogP contribution is 2.19. The Kier molecular flexibility index (Phi) is 6.41. The van der Waals surface area contributed by atoms with Crippen LogP contribution in [0.4, 0.5) is 0 Å². The Bertz CT molecular complexity index is 212. The number of nitrogens with zero attached hydrogens (tertiary/aromatic N) is 1. The zero-order valence-electron chi connectivity index (χ0n) is 11.6. The van der Waals surface area contributed by atoms with Crippen molar-refractivity contribution < 1.29 is 9.84 Å². The summed E-state index contributed by atoms with van der Waals surface area (Å²) in [5, 5.41) is 12.7. The molecule has 1 heterocycles. The standard InChI is InChI=1S/C13H28N2O2/c1-10(2)14-12(9-16)7-15-6-5-11(3)13(8-15)17-4/h10-14,16H,5-9H2,1-4H3. The minimum Gasteiger partial charge on any atom is -0.395 e. The first-order valence-corrected chi connectivity index (χ1v) is 6.68. The van der Waals surface area contributed by atoms with Gasteiger partial charge in [0.2, 0.25) is 0 Å². The molecule has 0 aromatic carbocycles. The summed E-state index contributed by atoms with van der Waals surface area (Å²) in [6, 6.07) is 0.579. The summed E-state index contributed by atoms with van der Waals surface area (Å²) in [5.74, 6) is 0.641. The highest BCUT2D eigenvalue weighted by atomic mass is 16.5. The van der Waals surface area contributed by atoms with Gasteiger partial charge < -0.3 is 15.2 Å². The number of piperidine rings is 1. The lowest BCUT2D eigenvalue weighted by molar-refractivity contribution is -0.00950. The molecule has 0 aromatic rings. The molecule has 0 spiro atoms. The van der Waals surface area contributed by atoms with Crippen LogP contribution >= 0.6 is 0 Å². The third kappa shape index (κ3) is 4.92. The third-order valence-corrected chi connectivity index (χ3v) is 3.54. The first-order chi connectivity index (χ1) is 8.06. The lowest BCUT2D eigenvalue weighted by atomic mass is 9.95. The van der Waals surface area contributed by atoms with E-state index in [1.54, 1.807) is 7.11 Å². The maximum Gasteiger partial charge on any atom is 0.0724 e. The van der Waals surface area contributed by atoms with Gasteiger partial charge in [0, 0.05) is 32.3 Å². The SMILES string of the molecule is COC1CN(CC(CO)NC(C)C)CCC1C. The van der Waals surface area contributed by atoms with Gasteiger partial charge in [0.15, 0.2) is 0 Å². The van der Waals surface area contributed by atoms with Crippen LogP contribution in [0.15, 0.2) is 0 Å². The van der Waals surface area contributed by atoms with Gasteiger partial charge in [-0.3, -0.25) is 4.90 Å². The third-order valence-electron chi connectivity index (χ3n) is 3.54. The molecule has 0 bridgehead atoms. The largest absolute Gasteiger partial charge is 0.395 e. The molecule has 3 unspecified atom stereocenters. The van der Waals surface area contributed by atoms with E-state index < -0.39 is 0 Å². The van der Waals surface area contributed by atoms with Crippen LogP contribution in [0.3, 0.4) is 0 Å². The van der Waals surface area contributed by atoms with E-state index >= 15 is 0 Å². The molecule has 0 radical (unpaired) electrons. The maximum atomic E-state index is 9.36. The van der Waals surface area contributed by atoms with Crippen molar-refractivity contribution in [3.8, 4) is 0 Å². The molecule has 1 aliphatic heterocycles. The molecule has 4 heteroatoms. The predicted octanol–water partition coefficient (Wildman–Crippen LogP) is 0.702. The fourth-order valence-corrected chi connectivity index (χ4v) is 2.52. The summed E-state index contributed by atoms with van der Waals surface area (Å²) >= 11 is 0. The molecule has 102 valence electrons. The molecule has 0 amide bonds. The number of methoxy groups -OCH3 is 1. The van der Waals surface area contributed by atoms with Gasteiger partial charge in [-0.15, -0.1) is 0 Å². The molecule has 1 saturated heterocycles. The van der Waals surface area contributed by atoms with Crippen molar-refractivity contribution in [2.75, 3.05) is 33.4 Å². The van der Waals surface area contributed by atoms with Crippen molar-refractivity contribution in [2.24, 2.45) is 5.92 Å². The van der Waals surface area contributed by atoms with Crippen LogP contribution in [0.5, 0.6) is 0 Å². The van der Waals surface area contributed by atoms with Crippen molar-refractivity contribution >= 4 is 0 Å². The Morgan fingerprint density at radius 1 is 1.47 bits per heavy atom. The average molecular weight is 244 g/mol. The molecule has 1 rings (SSSR count). The number of rotatable bonds is 6. The minimum atomic E-state index is 0.168. The lowest BCUT2D eigenvalue weighted by Crippen LogP contribution is -2.51. The summed E-state index contributed by atoms with van der Waals surface area (Å²) in [6.45, 7) is 9.66. The van der Waals surface area contributed by atoms with Crippen LogP contribution in [0.1, 0.15) is 27.2 Å². The molecule has 0 aliphatic carbocycles. The topological polar surface area (TPSA) is 44.7 Å². The number of aliphatic hydroxyl groups is 1. The van der Waals surface area contributed by atoms with E-state index in [-0.39, 0.29) is 12.6 Å². The van der Waals surface area contributed by atoms with Gasteiger partial charge in [-0.1, -0.05) is 20.8 Å². The molecule has 2 N–H and O–H groups in total. The Morgan fingerprint density at radius 2 is 2.18 bits per heavy atom. The number of hydrogen-bond acceptors (Lipinski definition) is 4. The Labute approximate surface area is 105 Å². The highest BCUT2D eigenvalue weighted by molar-refractivity contribution is 4.82. The Hall–Kier alpha value is -0.160. The van der Waals surface area contributed by atoms with E-state index in [2.05, 4.69) is 31.0 Å². The van der Waals surface area contributed by atoms with Gasteiger partial charge >= 0.3 is 0 Å². The summed E-state index contributed by atoms with van der Waals surface area (Å²) < 4.78 is 5.51. The molecule has 17 heavy (non-hydrogen) atoms. The smallest absolute Gasteiger partial charge is 0.0724 e. The van der Waals surface area contributed by atoms with Crippen LogP contribution in [0.2, 0.25) is 0 Å². The average Bonchev–Trinajstić information content (AvgIpc) is 2.30. The minimum absolute atomic E-state index is 0.168. The van der Waals surface area contributed by atoms with Crippen molar-refractivity contribution in [1.29, 1.82) is 0 Å². The van der Waals surface area contributed by atoms with Crippen molar-refractivity contribution in [2.45, 2.75) is 45.4 Å².